The van der Waals surface area contributed by atoms with Crippen molar-refractivity contribution in [3.63, 3.8) is 0 Å². The average Bonchev–Trinajstić information content (AvgIpc) is 2.72. The summed E-state index contributed by atoms with van der Waals surface area (Å²) in [7, 11) is 1.77. The second kappa shape index (κ2) is 11.5. The number of ether oxygens (including phenoxy) is 1. The van der Waals surface area contributed by atoms with Crippen LogP contribution in [0.4, 0.5) is 0 Å². The number of aliphatic imine (C=N–C) groups is 1. The molecule has 0 saturated carbocycles. The summed E-state index contributed by atoms with van der Waals surface area (Å²) in [5.74, 6) is 0.896. The first-order valence-electron chi connectivity index (χ1n) is 10.2. The van der Waals surface area contributed by atoms with Gasteiger partial charge in [-0.2, -0.15) is 0 Å². The molecule has 1 N–H and O–H groups in total. The van der Waals surface area contributed by atoms with Crippen LogP contribution >= 0.6 is 35.6 Å². The molecule has 168 valence electrons. The number of benzene rings is 1. The van der Waals surface area contributed by atoms with Crippen LogP contribution in [0.25, 0.3) is 0 Å². The number of nitrogens with zero attached hydrogens (tertiary/aromatic N) is 4. The number of carbonyl (C=O) groups is 1. The van der Waals surface area contributed by atoms with Gasteiger partial charge in [-0.25, -0.2) is 0 Å². The Bertz CT molecular complexity index is 723. The lowest BCUT2D eigenvalue weighted by molar-refractivity contribution is -0.135. The lowest BCUT2D eigenvalue weighted by Gasteiger charge is -2.42. The van der Waals surface area contributed by atoms with Gasteiger partial charge in [-0.3, -0.25) is 14.7 Å². The van der Waals surface area contributed by atoms with Crippen molar-refractivity contribution in [2.45, 2.75) is 25.9 Å². The number of morpholine rings is 1. The summed E-state index contributed by atoms with van der Waals surface area (Å²) in [5.41, 5.74) is 1.08. The molecule has 9 heteroatoms. The van der Waals surface area contributed by atoms with Crippen LogP contribution in [0, 0.1) is 0 Å². The number of carbonyl (C=O) groups excluding carboxylic acids is 1. The Morgan fingerprint density at radius 2 is 1.83 bits per heavy atom. The first-order valence-corrected chi connectivity index (χ1v) is 10.6. The summed E-state index contributed by atoms with van der Waals surface area (Å²) < 4.78 is 5.46. The predicted molar refractivity (Wildman–Crippen MR) is 132 cm³/mol. The summed E-state index contributed by atoms with van der Waals surface area (Å²) in [4.78, 5) is 23.5. The van der Waals surface area contributed by atoms with Gasteiger partial charge in [0.2, 0.25) is 5.91 Å². The molecule has 0 radical (unpaired) electrons. The molecule has 0 bridgehead atoms. The monoisotopic (exact) mass is 549 g/mol. The number of piperazine rings is 1. The maximum atomic E-state index is 12.7. The molecule has 1 aromatic carbocycles. The minimum Gasteiger partial charge on any atom is -0.379 e. The molecule has 2 heterocycles. The van der Waals surface area contributed by atoms with Crippen molar-refractivity contribution in [3.8, 4) is 0 Å². The summed E-state index contributed by atoms with van der Waals surface area (Å²) >= 11 is 5.95. The van der Waals surface area contributed by atoms with E-state index >= 15 is 0 Å². The molecule has 2 fully saturated rings. The van der Waals surface area contributed by atoms with Gasteiger partial charge >= 0.3 is 0 Å². The van der Waals surface area contributed by atoms with Crippen molar-refractivity contribution < 1.29 is 9.53 Å². The second-order valence-electron chi connectivity index (χ2n) is 8.18. The molecule has 7 nitrogen and oxygen atoms in total. The number of nitrogens with one attached hydrogen (secondary N) is 1. The van der Waals surface area contributed by atoms with Crippen LogP contribution in [0.5, 0.6) is 0 Å². The summed E-state index contributed by atoms with van der Waals surface area (Å²) in [6, 6.07) is 7.66. The Labute approximate surface area is 201 Å². The van der Waals surface area contributed by atoms with E-state index in [4.69, 9.17) is 16.3 Å². The Kier molecular flexibility index (Phi) is 9.65. The highest BCUT2D eigenvalue weighted by Crippen LogP contribution is 2.16. The van der Waals surface area contributed by atoms with E-state index in [2.05, 4.69) is 29.1 Å². The van der Waals surface area contributed by atoms with Crippen molar-refractivity contribution in [3.05, 3.63) is 34.9 Å². The zero-order valence-corrected chi connectivity index (χ0v) is 21.2. The zero-order chi connectivity index (χ0) is 20.9. The quantitative estimate of drug-likeness (QED) is 0.347. The molecule has 2 aliphatic heterocycles. The van der Waals surface area contributed by atoms with E-state index in [0.717, 1.165) is 50.9 Å². The molecule has 0 unspecified atom stereocenters. The number of hydrogen-bond donors (Lipinski definition) is 1. The third kappa shape index (κ3) is 6.70. The van der Waals surface area contributed by atoms with Crippen LogP contribution in [-0.2, 0) is 16.1 Å². The molecule has 1 aromatic rings. The smallest absolute Gasteiger partial charge is 0.242 e. The van der Waals surface area contributed by atoms with Crippen molar-refractivity contribution >= 4 is 47.4 Å². The Hall–Kier alpha value is -1.10. The molecule has 0 aromatic heterocycles. The molecular formula is C21H33ClIN5O2. The third-order valence-corrected chi connectivity index (χ3v) is 5.91. The number of halogens is 2. The largest absolute Gasteiger partial charge is 0.379 e. The van der Waals surface area contributed by atoms with Crippen molar-refractivity contribution in [2.24, 2.45) is 4.99 Å². The maximum absolute atomic E-state index is 12.7. The molecule has 0 spiro atoms. The maximum Gasteiger partial charge on any atom is 0.242 e. The van der Waals surface area contributed by atoms with Crippen LogP contribution in [0.1, 0.15) is 19.4 Å². The molecule has 2 saturated heterocycles. The van der Waals surface area contributed by atoms with E-state index in [0.29, 0.717) is 24.7 Å². The Morgan fingerprint density at radius 1 is 1.17 bits per heavy atom. The average molecular weight is 550 g/mol. The van der Waals surface area contributed by atoms with Crippen molar-refractivity contribution in [1.29, 1.82) is 0 Å². The van der Waals surface area contributed by atoms with Crippen LogP contribution in [0.2, 0.25) is 5.02 Å². The lowest BCUT2D eigenvalue weighted by atomic mass is 10.0. The normalized spacial score (nSPS) is 18.9. The number of hydrogen-bond acceptors (Lipinski definition) is 4. The fourth-order valence-corrected chi connectivity index (χ4v) is 3.90. The predicted octanol–water partition coefficient (Wildman–Crippen LogP) is 2.29. The standard InChI is InChI=1S/C21H32ClN5O2.HI/c1-21(2,27-10-12-29-13-11-27)16-24-20(23-3)26-9-8-25(19(28)15-26)14-17-4-6-18(22)7-5-17;/h4-7H,8-16H2,1-3H3,(H,23,24);1H. The zero-order valence-electron chi connectivity index (χ0n) is 18.1. The first kappa shape index (κ1) is 25.2. The number of rotatable bonds is 5. The van der Waals surface area contributed by atoms with Crippen molar-refractivity contribution in [2.75, 3.05) is 59.5 Å². The van der Waals surface area contributed by atoms with E-state index in [-0.39, 0.29) is 35.4 Å². The van der Waals surface area contributed by atoms with E-state index in [1.807, 2.05) is 34.1 Å². The fraction of sp³-hybridized carbons (Fsp3) is 0.619. The van der Waals surface area contributed by atoms with E-state index in [1.165, 1.54) is 0 Å². The van der Waals surface area contributed by atoms with E-state index in [9.17, 15) is 4.79 Å². The van der Waals surface area contributed by atoms with Gasteiger partial charge in [0.25, 0.3) is 0 Å². The van der Waals surface area contributed by atoms with Crippen LogP contribution in [0.15, 0.2) is 29.3 Å². The van der Waals surface area contributed by atoms with Crippen LogP contribution < -0.4 is 5.32 Å². The minimum atomic E-state index is -0.0138. The van der Waals surface area contributed by atoms with Crippen LogP contribution in [-0.4, -0.2) is 91.6 Å². The van der Waals surface area contributed by atoms with Gasteiger partial charge in [0.1, 0.15) is 0 Å². The van der Waals surface area contributed by atoms with Gasteiger partial charge < -0.3 is 19.9 Å². The Morgan fingerprint density at radius 3 is 2.43 bits per heavy atom. The molecular weight excluding hydrogens is 517 g/mol. The van der Waals surface area contributed by atoms with Gasteiger partial charge in [-0.1, -0.05) is 23.7 Å². The number of amides is 1. The molecule has 0 atom stereocenters. The summed E-state index contributed by atoms with van der Waals surface area (Å²) in [6.07, 6.45) is 0. The number of guanidine groups is 1. The topological polar surface area (TPSA) is 60.4 Å². The third-order valence-electron chi connectivity index (χ3n) is 5.66. The van der Waals surface area contributed by atoms with Crippen LogP contribution in [0.3, 0.4) is 0 Å². The van der Waals surface area contributed by atoms with Gasteiger partial charge in [0.15, 0.2) is 5.96 Å². The minimum absolute atomic E-state index is 0. The fourth-order valence-electron chi connectivity index (χ4n) is 3.77. The molecule has 1 amide bonds. The molecule has 3 rings (SSSR count). The lowest BCUT2D eigenvalue weighted by Crippen LogP contribution is -2.59. The highest BCUT2D eigenvalue weighted by molar-refractivity contribution is 14.0. The van der Waals surface area contributed by atoms with Gasteiger partial charge in [0.05, 0.1) is 19.8 Å². The Balaban J connectivity index is 0.00000320. The molecule has 0 aliphatic carbocycles. The van der Waals surface area contributed by atoms with E-state index < -0.39 is 0 Å². The second-order valence-corrected chi connectivity index (χ2v) is 8.61. The highest BCUT2D eigenvalue weighted by Gasteiger charge is 2.30. The summed E-state index contributed by atoms with van der Waals surface area (Å²) in [6.45, 7) is 11.0. The molecule has 30 heavy (non-hydrogen) atoms. The molecule has 2 aliphatic rings. The van der Waals surface area contributed by atoms with Crippen molar-refractivity contribution in [1.82, 2.24) is 20.0 Å². The van der Waals surface area contributed by atoms with Gasteiger partial charge in [-0.05, 0) is 31.5 Å². The SMILES string of the molecule is CN=C(NCC(C)(C)N1CCOCC1)N1CCN(Cc2ccc(Cl)cc2)C(=O)C1.I. The van der Waals surface area contributed by atoms with E-state index in [1.54, 1.807) is 7.05 Å². The first-order chi connectivity index (χ1) is 13.9. The van der Waals surface area contributed by atoms with Gasteiger partial charge in [0, 0.05) is 56.9 Å². The van der Waals surface area contributed by atoms with Gasteiger partial charge in [-0.15, -0.1) is 24.0 Å². The highest BCUT2D eigenvalue weighted by atomic mass is 127. The summed E-state index contributed by atoms with van der Waals surface area (Å²) in [5, 5.41) is 4.18.